The molecule has 3 nitrogen and oxygen atoms in total. The van der Waals surface area contributed by atoms with Crippen LogP contribution in [0, 0.1) is 5.82 Å². The van der Waals surface area contributed by atoms with Crippen LogP contribution in [0.3, 0.4) is 0 Å². The Balaban J connectivity index is 3.08. The van der Waals surface area contributed by atoms with Crippen molar-refractivity contribution in [2.24, 2.45) is 5.73 Å². The van der Waals surface area contributed by atoms with E-state index in [0.29, 0.717) is 0 Å². The van der Waals surface area contributed by atoms with Crippen molar-refractivity contribution in [2.45, 2.75) is 6.04 Å². The van der Waals surface area contributed by atoms with Gasteiger partial charge in [-0.15, -0.1) is 0 Å². The molecule has 0 radical (unpaired) electrons. The monoisotopic (exact) mass is 203 g/mol. The predicted octanol–water partition coefficient (Wildman–Crippen LogP) is 1.56. The Morgan fingerprint density at radius 1 is 1.62 bits per heavy atom. The minimum Gasteiger partial charge on any atom is -0.480 e. The van der Waals surface area contributed by atoms with Crippen LogP contribution in [0.5, 0.6) is 0 Å². The van der Waals surface area contributed by atoms with Gasteiger partial charge >= 0.3 is 5.97 Å². The molecule has 3 N–H and O–H groups in total. The molecule has 0 saturated carbocycles. The molecular weight excluding hydrogens is 197 g/mol. The fourth-order valence-electron chi connectivity index (χ4n) is 0.887. The first-order chi connectivity index (χ1) is 6.02. The van der Waals surface area contributed by atoms with Gasteiger partial charge in [-0.3, -0.25) is 4.79 Å². The van der Waals surface area contributed by atoms with Gasteiger partial charge in [0.05, 0.1) is 0 Å². The van der Waals surface area contributed by atoms with Gasteiger partial charge in [0.2, 0.25) is 0 Å². The highest BCUT2D eigenvalue weighted by Crippen LogP contribution is 2.22. The van der Waals surface area contributed by atoms with Crippen molar-refractivity contribution in [1.29, 1.82) is 0 Å². The number of rotatable bonds is 2. The molecule has 70 valence electrons. The lowest BCUT2D eigenvalue weighted by molar-refractivity contribution is -0.138. The Hall–Kier alpha value is -1.13. The van der Waals surface area contributed by atoms with E-state index < -0.39 is 17.8 Å². The second-order valence-electron chi connectivity index (χ2n) is 2.48. The maximum absolute atomic E-state index is 12.5. The normalized spacial score (nSPS) is 12.5. The quantitative estimate of drug-likeness (QED) is 0.767. The molecule has 0 heterocycles. The van der Waals surface area contributed by atoms with Crippen LogP contribution in [-0.2, 0) is 4.79 Å². The molecule has 0 aliphatic carbocycles. The average Bonchev–Trinajstić information content (AvgIpc) is 2.03. The number of carboxylic acid groups (broad SMARTS) is 1. The largest absolute Gasteiger partial charge is 0.480 e. The molecule has 0 spiro atoms. The molecular formula is C8H7ClFNO2. The molecule has 0 unspecified atom stereocenters. The third-order valence-corrected chi connectivity index (χ3v) is 1.89. The first kappa shape index (κ1) is 9.95. The van der Waals surface area contributed by atoms with Crippen molar-refractivity contribution in [3.8, 4) is 0 Å². The lowest BCUT2D eigenvalue weighted by Gasteiger charge is -2.08. The van der Waals surface area contributed by atoms with E-state index in [1.165, 1.54) is 6.07 Å². The average molecular weight is 204 g/mol. The molecule has 1 atom stereocenters. The lowest BCUT2D eigenvalue weighted by Crippen LogP contribution is -2.20. The van der Waals surface area contributed by atoms with Gasteiger partial charge in [-0.1, -0.05) is 17.7 Å². The van der Waals surface area contributed by atoms with Gasteiger partial charge in [-0.05, 0) is 17.7 Å². The molecule has 1 aromatic carbocycles. The molecule has 0 amide bonds. The smallest absolute Gasteiger partial charge is 0.325 e. The van der Waals surface area contributed by atoms with Crippen molar-refractivity contribution in [3.63, 3.8) is 0 Å². The molecule has 0 aliphatic rings. The van der Waals surface area contributed by atoms with Crippen LogP contribution in [0.1, 0.15) is 11.6 Å². The van der Waals surface area contributed by atoms with Crippen LogP contribution in [0.25, 0.3) is 0 Å². The molecule has 13 heavy (non-hydrogen) atoms. The standard InChI is InChI=1S/C8H7ClFNO2/c9-6-3-4(10)1-2-5(6)7(11)8(12)13/h1-3,7H,11H2,(H,12,13)/t7-/m0/s1. The molecule has 0 bridgehead atoms. The number of hydrogen-bond acceptors (Lipinski definition) is 2. The van der Waals surface area contributed by atoms with Crippen molar-refractivity contribution >= 4 is 17.6 Å². The Kier molecular flexibility index (Phi) is 2.85. The van der Waals surface area contributed by atoms with E-state index in [4.69, 9.17) is 22.4 Å². The highest BCUT2D eigenvalue weighted by atomic mass is 35.5. The molecule has 0 fully saturated rings. The van der Waals surface area contributed by atoms with Crippen LogP contribution >= 0.6 is 11.6 Å². The SMILES string of the molecule is N[C@H](C(=O)O)c1ccc(F)cc1Cl. The summed E-state index contributed by atoms with van der Waals surface area (Å²) in [6.45, 7) is 0. The molecule has 1 aromatic rings. The number of carbonyl (C=O) groups is 1. The van der Waals surface area contributed by atoms with Gasteiger partial charge in [0.1, 0.15) is 11.9 Å². The van der Waals surface area contributed by atoms with Gasteiger partial charge in [-0.25, -0.2) is 4.39 Å². The van der Waals surface area contributed by atoms with Crippen molar-refractivity contribution < 1.29 is 14.3 Å². The third-order valence-electron chi connectivity index (χ3n) is 1.56. The second kappa shape index (κ2) is 3.72. The van der Waals surface area contributed by atoms with Gasteiger partial charge in [0.25, 0.3) is 0 Å². The Bertz CT molecular complexity index is 343. The number of halogens is 2. The fourth-order valence-corrected chi connectivity index (χ4v) is 1.17. The summed E-state index contributed by atoms with van der Waals surface area (Å²) in [6, 6.07) is 2.19. The van der Waals surface area contributed by atoms with Gasteiger partial charge in [0, 0.05) is 5.02 Å². The first-order valence-electron chi connectivity index (χ1n) is 3.45. The molecule has 5 heteroatoms. The van der Waals surface area contributed by atoms with Crippen LogP contribution < -0.4 is 5.73 Å². The zero-order valence-electron chi connectivity index (χ0n) is 6.50. The number of carboxylic acids is 1. The summed E-state index contributed by atoms with van der Waals surface area (Å²) in [5, 5.41) is 8.57. The zero-order valence-corrected chi connectivity index (χ0v) is 7.25. The van der Waals surface area contributed by atoms with E-state index >= 15 is 0 Å². The van der Waals surface area contributed by atoms with Crippen LogP contribution in [0.2, 0.25) is 5.02 Å². The summed E-state index contributed by atoms with van der Waals surface area (Å²) >= 11 is 5.59. The third kappa shape index (κ3) is 2.17. The number of hydrogen-bond donors (Lipinski definition) is 2. The van der Waals surface area contributed by atoms with E-state index in [-0.39, 0.29) is 10.6 Å². The number of nitrogens with two attached hydrogens (primary N) is 1. The molecule has 0 saturated heterocycles. The van der Waals surface area contributed by atoms with Gasteiger partial charge < -0.3 is 10.8 Å². The van der Waals surface area contributed by atoms with E-state index in [9.17, 15) is 9.18 Å². The fraction of sp³-hybridized carbons (Fsp3) is 0.125. The minimum absolute atomic E-state index is 0.0231. The Morgan fingerprint density at radius 3 is 2.69 bits per heavy atom. The summed E-state index contributed by atoms with van der Waals surface area (Å²) < 4.78 is 12.5. The Labute approximate surface area is 78.9 Å². The first-order valence-corrected chi connectivity index (χ1v) is 3.83. The van der Waals surface area contributed by atoms with E-state index in [0.717, 1.165) is 12.1 Å². The van der Waals surface area contributed by atoms with E-state index in [1.807, 2.05) is 0 Å². The summed E-state index contributed by atoms with van der Waals surface area (Å²) in [5.41, 5.74) is 5.49. The van der Waals surface area contributed by atoms with Crippen LogP contribution in [-0.4, -0.2) is 11.1 Å². The lowest BCUT2D eigenvalue weighted by atomic mass is 10.1. The van der Waals surface area contributed by atoms with Crippen molar-refractivity contribution in [2.75, 3.05) is 0 Å². The summed E-state index contributed by atoms with van der Waals surface area (Å²) in [4.78, 5) is 10.5. The van der Waals surface area contributed by atoms with E-state index in [2.05, 4.69) is 0 Å². The molecule has 1 rings (SSSR count). The minimum atomic E-state index is -1.21. The number of aliphatic carboxylic acids is 1. The topological polar surface area (TPSA) is 63.3 Å². The zero-order chi connectivity index (χ0) is 10.0. The maximum atomic E-state index is 12.5. The highest BCUT2D eigenvalue weighted by Gasteiger charge is 2.17. The predicted molar refractivity (Wildman–Crippen MR) is 46.0 cm³/mol. The van der Waals surface area contributed by atoms with Crippen molar-refractivity contribution in [1.82, 2.24) is 0 Å². The van der Waals surface area contributed by atoms with Gasteiger partial charge in [-0.2, -0.15) is 0 Å². The Morgan fingerprint density at radius 2 is 2.23 bits per heavy atom. The summed E-state index contributed by atoms with van der Waals surface area (Å²) in [6.07, 6.45) is 0. The van der Waals surface area contributed by atoms with E-state index in [1.54, 1.807) is 0 Å². The molecule has 0 aliphatic heterocycles. The van der Waals surface area contributed by atoms with Crippen LogP contribution in [0.4, 0.5) is 4.39 Å². The molecule has 0 aromatic heterocycles. The highest BCUT2D eigenvalue weighted by molar-refractivity contribution is 6.31. The number of benzene rings is 1. The second-order valence-corrected chi connectivity index (χ2v) is 2.89. The van der Waals surface area contributed by atoms with Crippen molar-refractivity contribution in [3.05, 3.63) is 34.6 Å². The summed E-state index contributed by atoms with van der Waals surface area (Å²) in [7, 11) is 0. The maximum Gasteiger partial charge on any atom is 0.325 e. The van der Waals surface area contributed by atoms with Gasteiger partial charge in [0.15, 0.2) is 0 Å². The van der Waals surface area contributed by atoms with Crippen LogP contribution in [0.15, 0.2) is 18.2 Å². The summed E-state index contributed by atoms with van der Waals surface area (Å²) in [5.74, 6) is -1.72.